The molecular weight excluding hydrogens is 294 g/mol. The first-order chi connectivity index (χ1) is 11.0. The van der Waals surface area contributed by atoms with Crippen molar-refractivity contribution in [2.45, 2.75) is 70.3 Å². The van der Waals surface area contributed by atoms with Crippen LogP contribution in [-0.2, 0) is 15.9 Å². The summed E-state index contributed by atoms with van der Waals surface area (Å²) in [6.45, 7) is 4.03. The first-order valence-electron chi connectivity index (χ1n) is 8.53. The van der Waals surface area contributed by atoms with Crippen molar-refractivity contribution in [1.82, 2.24) is 15.1 Å². The smallest absolute Gasteiger partial charge is 0.274 e. The van der Waals surface area contributed by atoms with Gasteiger partial charge in [0.25, 0.3) is 5.91 Å². The van der Waals surface area contributed by atoms with Gasteiger partial charge in [-0.15, -0.1) is 0 Å². The van der Waals surface area contributed by atoms with Gasteiger partial charge in [-0.3, -0.25) is 9.89 Å². The molecule has 1 fully saturated rings. The third kappa shape index (κ3) is 3.15. The highest BCUT2D eigenvalue weighted by Gasteiger charge is 2.33. The lowest BCUT2D eigenvalue weighted by atomic mass is 9.91. The van der Waals surface area contributed by atoms with Gasteiger partial charge in [0.05, 0.1) is 24.0 Å². The van der Waals surface area contributed by atoms with Crippen LogP contribution in [0, 0.1) is 0 Å². The predicted molar refractivity (Wildman–Crippen MR) is 86.4 cm³/mol. The number of nitrogens with one attached hydrogen (secondary N) is 1. The summed E-state index contributed by atoms with van der Waals surface area (Å²) in [5.41, 5.74) is 2.54. The Hall–Kier alpha value is -1.40. The number of hydrogen-bond donors (Lipinski definition) is 1. The molecule has 128 valence electrons. The molecular formula is C17H27N3O3. The van der Waals surface area contributed by atoms with E-state index < -0.39 is 0 Å². The van der Waals surface area contributed by atoms with E-state index >= 15 is 0 Å². The Kier molecular flexibility index (Phi) is 4.73. The number of ether oxygens (including phenoxy) is 2. The van der Waals surface area contributed by atoms with E-state index in [2.05, 4.69) is 10.2 Å². The van der Waals surface area contributed by atoms with Crippen LogP contribution in [0.5, 0.6) is 0 Å². The minimum Gasteiger partial charge on any atom is -0.381 e. The largest absolute Gasteiger partial charge is 0.381 e. The zero-order valence-electron chi connectivity index (χ0n) is 14.5. The van der Waals surface area contributed by atoms with Crippen LogP contribution in [0.3, 0.4) is 0 Å². The Morgan fingerprint density at radius 2 is 2.00 bits per heavy atom. The molecule has 1 aliphatic carbocycles. The minimum atomic E-state index is -0.0368. The van der Waals surface area contributed by atoms with Crippen molar-refractivity contribution in [2.75, 3.05) is 14.2 Å². The van der Waals surface area contributed by atoms with Crippen molar-refractivity contribution < 1.29 is 14.3 Å². The highest BCUT2D eigenvalue weighted by atomic mass is 16.5. The summed E-state index contributed by atoms with van der Waals surface area (Å²) in [5, 5.41) is 7.32. The third-order valence-electron chi connectivity index (χ3n) is 5.28. The predicted octanol–water partition coefficient (Wildman–Crippen LogP) is 2.46. The second-order valence-electron chi connectivity index (χ2n) is 6.84. The molecule has 0 bridgehead atoms. The summed E-state index contributed by atoms with van der Waals surface area (Å²) in [6, 6.07) is 0.274. The summed E-state index contributed by atoms with van der Waals surface area (Å²) in [6.07, 6.45) is 5.16. The lowest BCUT2D eigenvalue weighted by Gasteiger charge is -2.34. The number of carbonyl (C=O) groups is 1. The Labute approximate surface area is 137 Å². The van der Waals surface area contributed by atoms with Crippen LogP contribution in [0.2, 0.25) is 0 Å². The van der Waals surface area contributed by atoms with Crippen molar-refractivity contribution in [3.8, 4) is 0 Å². The molecule has 6 nitrogen and oxygen atoms in total. The van der Waals surface area contributed by atoms with E-state index in [0.717, 1.165) is 43.4 Å². The van der Waals surface area contributed by atoms with Crippen LogP contribution >= 0.6 is 0 Å². The lowest BCUT2D eigenvalue weighted by molar-refractivity contribution is -0.00706. The molecule has 0 unspecified atom stereocenters. The molecule has 1 amide bonds. The highest BCUT2D eigenvalue weighted by Crippen LogP contribution is 2.31. The Morgan fingerprint density at radius 1 is 1.30 bits per heavy atom. The van der Waals surface area contributed by atoms with E-state index in [4.69, 9.17) is 9.47 Å². The number of fused-ring (bicyclic) bond motifs is 1. The van der Waals surface area contributed by atoms with Gasteiger partial charge in [-0.25, -0.2) is 0 Å². The summed E-state index contributed by atoms with van der Waals surface area (Å²) < 4.78 is 11.2. The van der Waals surface area contributed by atoms with Gasteiger partial charge in [0.2, 0.25) is 0 Å². The van der Waals surface area contributed by atoms with E-state index in [0.29, 0.717) is 11.8 Å². The number of rotatable bonds is 3. The zero-order chi connectivity index (χ0) is 16.6. The Morgan fingerprint density at radius 3 is 2.65 bits per heavy atom. The SMILES string of the molecule is COC1CCC(N(C)C(=O)c2n[nH]c3c2C[C@H](C)O[C@@H]3C)CC1. The summed E-state index contributed by atoms with van der Waals surface area (Å²) in [5.74, 6) is 0.0182. The van der Waals surface area contributed by atoms with Crippen LogP contribution in [0.1, 0.15) is 67.4 Å². The number of carbonyl (C=O) groups excluding carboxylic acids is 1. The van der Waals surface area contributed by atoms with E-state index in [9.17, 15) is 4.79 Å². The fourth-order valence-corrected chi connectivity index (χ4v) is 3.85. The maximum absolute atomic E-state index is 12.9. The van der Waals surface area contributed by atoms with Gasteiger partial charge >= 0.3 is 0 Å². The molecule has 2 atom stereocenters. The molecule has 1 aromatic heterocycles. The summed E-state index contributed by atoms with van der Waals surface area (Å²) in [7, 11) is 3.66. The van der Waals surface area contributed by atoms with Gasteiger partial charge in [-0.2, -0.15) is 5.10 Å². The lowest BCUT2D eigenvalue weighted by Crippen LogP contribution is -2.41. The van der Waals surface area contributed by atoms with Gasteiger partial charge in [0, 0.05) is 32.2 Å². The second-order valence-corrected chi connectivity index (χ2v) is 6.84. The van der Waals surface area contributed by atoms with Gasteiger partial charge < -0.3 is 14.4 Å². The molecule has 3 rings (SSSR count). The van der Waals surface area contributed by atoms with Crippen LogP contribution in [0.25, 0.3) is 0 Å². The average Bonchev–Trinajstić information content (AvgIpc) is 2.97. The number of nitrogens with zero attached hydrogens (tertiary/aromatic N) is 2. The van der Waals surface area contributed by atoms with Crippen molar-refractivity contribution in [1.29, 1.82) is 0 Å². The molecule has 2 aliphatic rings. The molecule has 2 heterocycles. The van der Waals surface area contributed by atoms with Crippen LogP contribution in [0.4, 0.5) is 0 Å². The van der Waals surface area contributed by atoms with Crippen molar-refractivity contribution in [3.63, 3.8) is 0 Å². The Bertz CT molecular complexity index is 563. The number of aromatic amines is 1. The summed E-state index contributed by atoms with van der Waals surface area (Å²) >= 11 is 0. The third-order valence-corrected chi connectivity index (χ3v) is 5.28. The quantitative estimate of drug-likeness (QED) is 0.928. The average molecular weight is 321 g/mol. The zero-order valence-corrected chi connectivity index (χ0v) is 14.5. The molecule has 1 aliphatic heterocycles. The molecule has 1 saturated carbocycles. The second kappa shape index (κ2) is 6.61. The molecule has 23 heavy (non-hydrogen) atoms. The molecule has 0 aromatic carbocycles. The van der Waals surface area contributed by atoms with Crippen molar-refractivity contribution in [2.24, 2.45) is 0 Å². The van der Waals surface area contributed by atoms with Gasteiger partial charge in [0.1, 0.15) is 0 Å². The fraction of sp³-hybridized carbons (Fsp3) is 0.765. The topological polar surface area (TPSA) is 67.5 Å². The van der Waals surface area contributed by atoms with E-state index in [1.165, 1.54) is 0 Å². The number of aromatic nitrogens is 2. The normalized spacial score (nSPS) is 30.8. The standard InChI is InChI=1S/C17H27N3O3/c1-10-9-14-15(11(2)23-10)18-19-16(14)17(21)20(3)12-5-7-13(22-4)8-6-12/h10-13H,5-9H2,1-4H3,(H,18,19)/t10-,11+,12?,13?/m0/s1. The summed E-state index contributed by atoms with van der Waals surface area (Å²) in [4.78, 5) is 14.8. The van der Waals surface area contributed by atoms with Crippen LogP contribution < -0.4 is 0 Å². The first-order valence-corrected chi connectivity index (χ1v) is 8.53. The molecule has 0 saturated heterocycles. The van der Waals surface area contributed by atoms with Crippen LogP contribution in [-0.4, -0.2) is 53.4 Å². The molecule has 0 spiro atoms. The number of amides is 1. The molecule has 6 heteroatoms. The van der Waals surface area contributed by atoms with E-state index in [1.54, 1.807) is 7.11 Å². The number of H-pyrrole nitrogens is 1. The highest BCUT2D eigenvalue weighted by molar-refractivity contribution is 5.94. The van der Waals surface area contributed by atoms with Gasteiger partial charge in [-0.1, -0.05) is 0 Å². The van der Waals surface area contributed by atoms with E-state index in [1.807, 2.05) is 25.8 Å². The van der Waals surface area contributed by atoms with Crippen LogP contribution in [0.15, 0.2) is 0 Å². The molecule has 1 aromatic rings. The van der Waals surface area contributed by atoms with Gasteiger partial charge in [-0.05, 0) is 39.5 Å². The maximum Gasteiger partial charge on any atom is 0.274 e. The molecule has 1 N–H and O–H groups in total. The van der Waals surface area contributed by atoms with E-state index in [-0.39, 0.29) is 24.2 Å². The maximum atomic E-state index is 12.9. The monoisotopic (exact) mass is 321 g/mol. The Balaban J connectivity index is 1.74. The fourth-order valence-electron chi connectivity index (χ4n) is 3.85. The first kappa shape index (κ1) is 16.5. The van der Waals surface area contributed by atoms with Crippen molar-refractivity contribution in [3.05, 3.63) is 17.0 Å². The minimum absolute atomic E-state index is 0.0182. The van der Waals surface area contributed by atoms with Gasteiger partial charge in [0.15, 0.2) is 5.69 Å². The number of methoxy groups -OCH3 is 1. The van der Waals surface area contributed by atoms with Crippen molar-refractivity contribution >= 4 is 5.91 Å². The molecule has 0 radical (unpaired) electrons. The number of hydrogen-bond acceptors (Lipinski definition) is 4.